The fraction of sp³-hybridized carbons (Fsp3) is 0.143. The molecular weight excluding hydrogens is 204 g/mol. The Morgan fingerprint density at radius 3 is 2.13 bits per heavy atom. The van der Waals surface area contributed by atoms with Crippen LogP contribution < -0.4 is 22.2 Å². The van der Waals surface area contributed by atoms with Gasteiger partial charge in [-0.15, -0.1) is 0 Å². The molecule has 8 nitrogen and oxygen atoms in total. The smallest absolute Gasteiger partial charge is 0.0781 e. The first kappa shape index (κ1) is 11.7. The minimum absolute atomic E-state index is 0.0216. The number of nitrogens with zero attached hydrogens (tertiary/aromatic N) is 2. The van der Waals surface area contributed by atoms with Gasteiger partial charge in [-0.25, -0.2) is 0 Å². The summed E-state index contributed by atoms with van der Waals surface area (Å²) in [6.45, 7) is 1.73. The highest BCUT2D eigenvalue weighted by molar-refractivity contribution is 5.70. The zero-order valence-corrected chi connectivity index (χ0v) is 7.91. The molecule has 0 atom stereocenters. The van der Waals surface area contributed by atoms with Gasteiger partial charge in [-0.3, -0.25) is 10.5 Å². The van der Waals surface area contributed by atoms with E-state index in [0.29, 0.717) is 0 Å². The van der Waals surface area contributed by atoms with Crippen molar-refractivity contribution in [2.75, 3.05) is 10.5 Å². The number of nitrogens with two attached hydrogens (primary N) is 2. The summed E-state index contributed by atoms with van der Waals surface area (Å²) >= 11 is 0. The molecule has 4 N–H and O–H groups in total. The van der Waals surface area contributed by atoms with E-state index in [-0.39, 0.29) is 21.8 Å². The molecule has 15 heavy (non-hydrogen) atoms. The molecule has 0 saturated heterocycles. The third-order valence-electron chi connectivity index (χ3n) is 1.72. The molecular formula is C7H10N4O4-2. The van der Waals surface area contributed by atoms with Crippen LogP contribution in [0.25, 0.3) is 0 Å². The van der Waals surface area contributed by atoms with E-state index >= 15 is 0 Å². The molecule has 0 aliphatic heterocycles. The summed E-state index contributed by atoms with van der Waals surface area (Å²) in [6.07, 6.45) is 0. The standard InChI is InChI=1S/C7H10N4O4/c1-5-2-3-6(10(12)14-8)7(4-5)11(13)15-9/h2-4H,8-9H2,1H3/q-2. The summed E-state index contributed by atoms with van der Waals surface area (Å²) in [7, 11) is 0. The summed E-state index contributed by atoms with van der Waals surface area (Å²) in [5.74, 6) is 9.36. The molecule has 1 rings (SSSR count). The van der Waals surface area contributed by atoms with Crippen LogP contribution in [0.5, 0.6) is 0 Å². The van der Waals surface area contributed by atoms with E-state index in [0.717, 1.165) is 5.56 Å². The Labute approximate surface area is 85.5 Å². The number of hydrogen-bond donors (Lipinski definition) is 2. The average Bonchev–Trinajstić information content (AvgIpc) is 2.26. The molecule has 0 radical (unpaired) electrons. The molecule has 0 bridgehead atoms. The summed E-state index contributed by atoms with van der Waals surface area (Å²) in [5, 5.41) is 22.1. The molecule has 0 spiro atoms. The topological polar surface area (TPSA) is 123 Å². The van der Waals surface area contributed by atoms with Crippen LogP contribution in [0, 0.1) is 17.3 Å². The first-order valence-electron chi connectivity index (χ1n) is 3.89. The number of benzene rings is 1. The second kappa shape index (κ2) is 4.89. The molecule has 1 aromatic carbocycles. The van der Waals surface area contributed by atoms with Crippen molar-refractivity contribution >= 4 is 11.4 Å². The quantitative estimate of drug-likeness (QED) is 0.682. The Kier molecular flexibility index (Phi) is 3.80. The maximum Gasteiger partial charge on any atom is 0.0781 e. The van der Waals surface area contributed by atoms with Crippen molar-refractivity contribution in [2.24, 2.45) is 11.8 Å². The lowest BCUT2D eigenvalue weighted by atomic mass is 10.2. The van der Waals surface area contributed by atoms with Gasteiger partial charge in [-0.1, -0.05) is 6.07 Å². The first-order chi connectivity index (χ1) is 7.10. The molecule has 8 heteroatoms. The second-order valence-corrected chi connectivity index (χ2v) is 2.72. The number of anilines is 2. The molecule has 0 aliphatic carbocycles. The molecule has 0 fully saturated rings. The van der Waals surface area contributed by atoms with E-state index in [2.05, 4.69) is 21.7 Å². The summed E-state index contributed by atoms with van der Waals surface area (Å²) < 4.78 is 0. The van der Waals surface area contributed by atoms with E-state index in [1.54, 1.807) is 13.0 Å². The maximum absolute atomic E-state index is 11.1. The second-order valence-electron chi connectivity index (χ2n) is 2.72. The molecule has 0 amide bonds. The van der Waals surface area contributed by atoms with Crippen LogP contribution in [-0.2, 0) is 9.88 Å². The van der Waals surface area contributed by atoms with Crippen molar-refractivity contribution in [3.63, 3.8) is 0 Å². The Balaban J connectivity index is 3.14. The van der Waals surface area contributed by atoms with Gasteiger partial charge in [0.25, 0.3) is 0 Å². The van der Waals surface area contributed by atoms with Gasteiger partial charge in [-0.2, -0.15) is 21.7 Å². The van der Waals surface area contributed by atoms with Crippen LogP contribution in [0.4, 0.5) is 11.4 Å². The first-order valence-corrected chi connectivity index (χ1v) is 3.89. The predicted molar refractivity (Wildman–Crippen MR) is 53.4 cm³/mol. The molecule has 84 valence electrons. The van der Waals surface area contributed by atoms with Gasteiger partial charge in [-0.05, 0) is 24.6 Å². The van der Waals surface area contributed by atoms with Crippen molar-refractivity contribution in [1.82, 2.24) is 0 Å². The van der Waals surface area contributed by atoms with Crippen LogP contribution in [-0.4, -0.2) is 0 Å². The van der Waals surface area contributed by atoms with E-state index in [9.17, 15) is 10.4 Å². The lowest BCUT2D eigenvalue weighted by Crippen LogP contribution is -2.25. The number of rotatable bonds is 4. The van der Waals surface area contributed by atoms with Crippen LogP contribution in [0.15, 0.2) is 18.2 Å². The third kappa shape index (κ3) is 2.53. The highest BCUT2D eigenvalue weighted by atomic mass is 17.0. The van der Waals surface area contributed by atoms with Gasteiger partial charge >= 0.3 is 0 Å². The summed E-state index contributed by atoms with van der Waals surface area (Å²) in [4.78, 5) is 7.87. The SMILES string of the molecule is Cc1ccc(N([O-])ON)c(N([O-])ON)c1. The van der Waals surface area contributed by atoms with Gasteiger partial charge in [0.2, 0.25) is 0 Å². The molecule has 1 aromatic rings. The van der Waals surface area contributed by atoms with Gasteiger partial charge < -0.3 is 10.4 Å². The Morgan fingerprint density at radius 2 is 1.60 bits per heavy atom. The largest absolute Gasteiger partial charge is 0.732 e. The molecule has 0 heterocycles. The summed E-state index contributed by atoms with van der Waals surface area (Å²) in [6, 6.07) is 4.36. The van der Waals surface area contributed by atoms with Crippen molar-refractivity contribution in [3.05, 3.63) is 34.2 Å². The van der Waals surface area contributed by atoms with Crippen LogP contribution in [0.2, 0.25) is 0 Å². The molecule has 0 aliphatic rings. The van der Waals surface area contributed by atoms with Crippen molar-refractivity contribution < 1.29 is 9.88 Å². The molecule has 0 unspecified atom stereocenters. The van der Waals surface area contributed by atoms with Gasteiger partial charge in [0.05, 0.1) is 11.4 Å². The lowest BCUT2D eigenvalue weighted by molar-refractivity contribution is 0.127. The van der Waals surface area contributed by atoms with Crippen molar-refractivity contribution in [3.8, 4) is 0 Å². The van der Waals surface area contributed by atoms with Gasteiger partial charge in [0.1, 0.15) is 0 Å². The molecule has 0 saturated carbocycles. The van der Waals surface area contributed by atoms with Crippen LogP contribution >= 0.6 is 0 Å². The Bertz CT molecular complexity index is 335. The minimum atomic E-state index is -0.108. The van der Waals surface area contributed by atoms with E-state index < -0.39 is 0 Å². The maximum atomic E-state index is 11.1. The highest BCUT2D eigenvalue weighted by Crippen LogP contribution is 2.29. The van der Waals surface area contributed by atoms with E-state index in [4.69, 9.17) is 0 Å². The fourth-order valence-corrected chi connectivity index (χ4v) is 1.05. The number of hydrogen-bond acceptors (Lipinski definition) is 8. The van der Waals surface area contributed by atoms with Crippen LogP contribution in [0.3, 0.4) is 0 Å². The Hall–Kier alpha value is -1.42. The lowest BCUT2D eigenvalue weighted by Gasteiger charge is -2.34. The normalized spacial score (nSPS) is 10.2. The minimum Gasteiger partial charge on any atom is -0.732 e. The van der Waals surface area contributed by atoms with Gasteiger partial charge in [0, 0.05) is 0 Å². The zero-order chi connectivity index (χ0) is 11.4. The van der Waals surface area contributed by atoms with Crippen molar-refractivity contribution in [2.45, 2.75) is 6.92 Å². The molecule has 0 aromatic heterocycles. The monoisotopic (exact) mass is 214 g/mol. The Morgan fingerprint density at radius 1 is 1.07 bits per heavy atom. The predicted octanol–water partition coefficient (Wildman–Crippen LogP) is 0.214. The van der Waals surface area contributed by atoms with Crippen LogP contribution in [0.1, 0.15) is 5.56 Å². The third-order valence-corrected chi connectivity index (χ3v) is 1.72. The van der Waals surface area contributed by atoms with E-state index in [1.807, 2.05) is 0 Å². The zero-order valence-electron chi connectivity index (χ0n) is 7.91. The highest BCUT2D eigenvalue weighted by Gasteiger charge is 2.06. The fourth-order valence-electron chi connectivity index (χ4n) is 1.05. The van der Waals surface area contributed by atoms with Crippen molar-refractivity contribution in [1.29, 1.82) is 0 Å². The van der Waals surface area contributed by atoms with E-state index in [1.165, 1.54) is 12.1 Å². The summed E-state index contributed by atoms with van der Waals surface area (Å²) in [5.41, 5.74) is 0.540. The number of aryl methyl sites for hydroxylation is 1. The van der Waals surface area contributed by atoms with Gasteiger partial charge in [0.15, 0.2) is 0 Å². The average molecular weight is 214 g/mol.